The Morgan fingerprint density at radius 2 is 1.72 bits per heavy atom. The Hall–Kier alpha value is -2.73. The average molecular weight is 338 g/mol. The molecule has 1 aromatic heterocycles. The van der Waals surface area contributed by atoms with Crippen molar-refractivity contribution in [1.82, 2.24) is 9.97 Å². The predicted molar refractivity (Wildman–Crippen MR) is 98.1 cm³/mol. The van der Waals surface area contributed by atoms with Crippen LogP contribution in [0.4, 0.5) is 21.8 Å². The molecular formula is C19H21FN5+. The summed E-state index contributed by atoms with van der Waals surface area (Å²) in [4.78, 5) is 13.3. The molecule has 2 N–H and O–H groups in total. The van der Waals surface area contributed by atoms with Crippen LogP contribution in [0.1, 0.15) is 0 Å². The lowest BCUT2D eigenvalue weighted by molar-refractivity contribution is -0.880. The third-order valence-corrected chi connectivity index (χ3v) is 4.60. The molecule has 25 heavy (non-hydrogen) atoms. The maximum atomic E-state index is 13.1. The molecule has 128 valence electrons. The summed E-state index contributed by atoms with van der Waals surface area (Å²) in [6.45, 7) is 4.14. The van der Waals surface area contributed by atoms with E-state index in [4.69, 9.17) is 4.98 Å². The van der Waals surface area contributed by atoms with E-state index in [9.17, 15) is 4.39 Å². The molecular weight excluding hydrogens is 317 g/mol. The lowest BCUT2D eigenvalue weighted by Crippen LogP contribution is -3.12. The molecule has 5 nitrogen and oxygen atoms in total. The van der Waals surface area contributed by atoms with Crippen molar-refractivity contribution in [1.29, 1.82) is 0 Å². The van der Waals surface area contributed by atoms with E-state index in [1.54, 1.807) is 17.0 Å². The minimum atomic E-state index is -0.259. The molecule has 1 aliphatic heterocycles. The molecule has 1 fully saturated rings. The van der Waals surface area contributed by atoms with Gasteiger partial charge in [0.1, 0.15) is 11.6 Å². The summed E-state index contributed by atoms with van der Waals surface area (Å²) in [5, 5.41) is 4.25. The van der Waals surface area contributed by atoms with Crippen LogP contribution in [0.2, 0.25) is 0 Å². The highest BCUT2D eigenvalue weighted by Crippen LogP contribution is 2.26. The van der Waals surface area contributed by atoms with E-state index in [0.717, 1.165) is 48.6 Å². The van der Waals surface area contributed by atoms with Crippen LogP contribution in [0.3, 0.4) is 0 Å². The smallest absolute Gasteiger partial charge is 0.229 e. The van der Waals surface area contributed by atoms with Crippen LogP contribution in [0.5, 0.6) is 0 Å². The molecule has 0 bridgehead atoms. The number of hydrogen-bond acceptors (Lipinski definition) is 4. The summed E-state index contributed by atoms with van der Waals surface area (Å²) in [6.07, 6.45) is 0. The third kappa shape index (κ3) is 3.39. The second kappa shape index (κ2) is 6.64. The molecule has 0 atom stereocenters. The number of hydrogen-bond donors (Lipinski definition) is 2. The first-order chi connectivity index (χ1) is 12.2. The van der Waals surface area contributed by atoms with Gasteiger partial charge in [-0.25, -0.2) is 9.37 Å². The van der Waals surface area contributed by atoms with Gasteiger partial charge >= 0.3 is 0 Å². The van der Waals surface area contributed by atoms with Crippen molar-refractivity contribution in [2.45, 2.75) is 0 Å². The van der Waals surface area contributed by atoms with E-state index in [0.29, 0.717) is 5.95 Å². The zero-order valence-corrected chi connectivity index (χ0v) is 14.2. The maximum absolute atomic E-state index is 13.1. The van der Waals surface area contributed by atoms with E-state index >= 15 is 0 Å². The number of benzene rings is 2. The first-order valence-electron chi connectivity index (χ1n) is 8.55. The number of anilines is 3. The number of nitrogens with one attached hydrogen (secondary N) is 2. The van der Waals surface area contributed by atoms with Gasteiger partial charge in [-0.05, 0) is 36.4 Å². The van der Waals surface area contributed by atoms with Gasteiger partial charge in [0.25, 0.3) is 0 Å². The average Bonchev–Trinajstić information content (AvgIpc) is 2.64. The van der Waals surface area contributed by atoms with Crippen LogP contribution in [0, 0.1) is 5.82 Å². The van der Waals surface area contributed by atoms with Crippen molar-refractivity contribution in [3.05, 3.63) is 54.3 Å². The summed E-state index contributed by atoms with van der Waals surface area (Å²) in [7, 11) is 2.22. The topological polar surface area (TPSA) is 45.5 Å². The van der Waals surface area contributed by atoms with Gasteiger partial charge in [0.05, 0.1) is 38.7 Å². The largest absolute Gasteiger partial charge is 0.345 e. The number of halogens is 1. The lowest BCUT2D eigenvalue weighted by Gasteiger charge is -2.31. The Morgan fingerprint density at radius 1 is 1.00 bits per heavy atom. The third-order valence-electron chi connectivity index (χ3n) is 4.60. The number of fused-ring (bicyclic) bond motifs is 1. The van der Waals surface area contributed by atoms with E-state index in [2.05, 4.69) is 28.3 Å². The number of quaternary nitrogens is 1. The van der Waals surface area contributed by atoms with Gasteiger partial charge in [-0.2, -0.15) is 4.98 Å². The van der Waals surface area contributed by atoms with Crippen LogP contribution in [-0.4, -0.2) is 43.2 Å². The second-order valence-corrected chi connectivity index (χ2v) is 6.46. The fourth-order valence-electron chi connectivity index (χ4n) is 3.12. The van der Waals surface area contributed by atoms with Gasteiger partial charge in [0.15, 0.2) is 0 Å². The van der Waals surface area contributed by atoms with Gasteiger partial charge in [0.2, 0.25) is 5.95 Å². The second-order valence-electron chi connectivity index (χ2n) is 6.46. The van der Waals surface area contributed by atoms with E-state index in [-0.39, 0.29) is 5.82 Å². The minimum absolute atomic E-state index is 0.259. The number of nitrogens with zero attached hydrogens (tertiary/aromatic N) is 3. The van der Waals surface area contributed by atoms with Crippen LogP contribution in [0.25, 0.3) is 10.9 Å². The SMILES string of the molecule is C[NH+]1CCN(c2nc(Nc3ccc(F)cc3)nc3ccccc23)CC1. The van der Waals surface area contributed by atoms with Crippen molar-refractivity contribution < 1.29 is 9.29 Å². The van der Waals surface area contributed by atoms with Crippen molar-refractivity contribution >= 4 is 28.4 Å². The fourth-order valence-corrected chi connectivity index (χ4v) is 3.12. The zero-order valence-electron chi connectivity index (χ0n) is 14.2. The number of aromatic nitrogens is 2. The van der Waals surface area contributed by atoms with Crippen LogP contribution < -0.4 is 15.1 Å². The highest BCUT2D eigenvalue weighted by atomic mass is 19.1. The Balaban J connectivity index is 1.71. The molecule has 0 aliphatic carbocycles. The van der Waals surface area contributed by atoms with Crippen molar-refractivity contribution in [2.24, 2.45) is 0 Å². The van der Waals surface area contributed by atoms with Crippen molar-refractivity contribution in [3.8, 4) is 0 Å². The predicted octanol–water partition coefficient (Wildman–Crippen LogP) is 1.85. The molecule has 0 amide bonds. The van der Waals surface area contributed by atoms with E-state index in [1.807, 2.05) is 18.2 Å². The molecule has 0 unspecified atom stereocenters. The maximum Gasteiger partial charge on any atom is 0.229 e. The molecule has 0 radical (unpaired) electrons. The molecule has 0 saturated carbocycles. The number of piperazine rings is 1. The van der Waals surface area contributed by atoms with Crippen molar-refractivity contribution in [3.63, 3.8) is 0 Å². The zero-order chi connectivity index (χ0) is 17.2. The monoisotopic (exact) mass is 338 g/mol. The van der Waals surface area contributed by atoms with Crippen molar-refractivity contribution in [2.75, 3.05) is 43.4 Å². The summed E-state index contributed by atoms with van der Waals surface area (Å²) in [5.41, 5.74) is 1.67. The standard InChI is InChI=1S/C19H20FN5/c1-24-10-12-25(13-11-24)18-16-4-2-3-5-17(16)22-19(23-18)21-15-8-6-14(20)7-9-15/h2-9H,10-13H2,1H3,(H,21,22,23)/p+1. The highest BCUT2D eigenvalue weighted by molar-refractivity contribution is 5.90. The number of para-hydroxylation sites is 1. The van der Waals surface area contributed by atoms with E-state index < -0.39 is 0 Å². The minimum Gasteiger partial charge on any atom is -0.345 e. The Bertz CT molecular complexity index is 873. The Labute approximate surface area is 146 Å². The first kappa shape index (κ1) is 15.8. The van der Waals surface area contributed by atoms with Crippen LogP contribution in [-0.2, 0) is 0 Å². The van der Waals surface area contributed by atoms with Gasteiger partial charge in [-0.1, -0.05) is 12.1 Å². The van der Waals surface area contributed by atoms with E-state index in [1.165, 1.54) is 12.1 Å². The van der Waals surface area contributed by atoms with Gasteiger partial charge in [-0.3, -0.25) is 0 Å². The molecule has 4 rings (SSSR count). The molecule has 2 aromatic carbocycles. The first-order valence-corrected chi connectivity index (χ1v) is 8.55. The number of likely N-dealkylation sites (N-methyl/N-ethyl adjacent to an activating group) is 1. The molecule has 1 aliphatic rings. The summed E-state index contributed by atoms with van der Waals surface area (Å²) in [5.74, 6) is 1.24. The summed E-state index contributed by atoms with van der Waals surface area (Å²) >= 11 is 0. The highest BCUT2D eigenvalue weighted by Gasteiger charge is 2.21. The lowest BCUT2D eigenvalue weighted by atomic mass is 10.2. The Kier molecular flexibility index (Phi) is 4.19. The van der Waals surface area contributed by atoms with Gasteiger partial charge in [-0.15, -0.1) is 0 Å². The summed E-state index contributed by atoms with van der Waals surface area (Å²) in [6, 6.07) is 14.3. The molecule has 2 heterocycles. The fraction of sp³-hybridized carbons (Fsp3) is 0.263. The van der Waals surface area contributed by atoms with Gasteiger partial charge in [0, 0.05) is 11.1 Å². The number of rotatable bonds is 3. The molecule has 1 saturated heterocycles. The normalized spacial score (nSPS) is 15.5. The Morgan fingerprint density at radius 3 is 2.48 bits per heavy atom. The summed E-state index contributed by atoms with van der Waals surface area (Å²) < 4.78 is 13.1. The quantitative estimate of drug-likeness (QED) is 0.765. The molecule has 3 aromatic rings. The van der Waals surface area contributed by atoms with Crippen LogP contribution in [0.15, 0.2) is 48.5 Å². The molecule has 0 spiro atoms. The van der Waals surface area contributed by atoms with Gasteiger partial charge < -0.3 is 15.1 Å². The van der Waals surface area contributed by atoms with Crippen LogP contribution >= 0.6 is 0 Å². The molecule has 6 heteroatoms.